The van der Waals surface area contributed by atoms with Gasteiger partial charge in [0.25, 0.3) is 0 Å². The molecule has 6 heteroatoms. The number of hydrogen-bond acceptors (Lipinski definition) is 3. The number of hydrogen-bond donors (Lipinski definition) is 2. The first kappa shape index (κ1) is 20.7. The lowest BCUT2D eigenvalue weighted by Gasteiger charge is -2.25. The van der Waals surface area contributed by atoms with Gasteiger partial charge in [-0.1, -0.05) is 43.7 Å². The third-order valence-electron chi connectivity index (χ3n) is 5.64. The smallest absolute Gasteiger partial charge is 0.245 e. The Morgan fingerprint density at radius 1 is 1.23 bits per heavy atom. The molecule has 1 aromatic carbocycles. The van der Waals surface area contributed by atoms with E-state index >= 15 is 0 Å². The van der Waals surface area contributed by atoms with Crippen molar-refractivity contribution in [3.63, 3.8) is 0 Å². The molecule has 2 fully saturated rings. The van der Waals surface area contributed by atoms with Crippen LogP contribution in [0.1, 0.15) is 38.2 Å². The molecular weight excluding hydrogens is 350 g/mol. The number of nitrogens with one attached hydrogen (secondary N) is 1. The first-order chi connectivity index (χ1) is 12.1. The summed E-state index contributed by atoms with van der Waals surface area (Å²) in [7, 11) is 0. The predicted octanol–water partition coefficient (Wildman–Crippen LogP) is 2.13. The van der Waals surface area contributed by atoms with Crippen LogP contribution >= 0.6 is 12.4 Å². The predicted molar refractivity (Wildman–Crippen MR) is 105 cm³/mol. The van der Waals surface area contributed by atoms with Crippen molar-refractivity contribution in [3.05, 3.63) is 35.9 Å². The minimum atomic E-state index is -0.420. The van der Waals surface area contributed by atoms with Gasteiger partial charge in [0.05, 0.1) is 6.42 Å². The summed E-state index contributed by atoms with van der Waals surface area (Å²) in [6, 6.07) is 9.43. The SMILES string of the molecule is CCCC(NC(=O)Cc1ccccc1)C(=O)N1CC2CCC(N)C2C1.Cl. The molecule has 0 bridgehead atoms. The maximum Gasteiger partial charge on any atom is 0.245 e. The Balaban J connectivity index is 0.00000243. The number of rotatable bonds is 6. The highest BCUT2D eigenvalue weighted by Crippen LogP contribution is 2.37. The Labute approximate surface area is 162 Å². The van der Waals surface area contributed by atoms with Gasteiger partial charge in [0, 0.05) is 19.1 Å². The van der Waals surface area contributed by atoms with Crippen molar-refractivity contribution in [3.8, 4) is 0 Å². The lowest BCUT2D eigenvalue weighted by molar-refractivity contribution is -0.136. The highest BCUT2D eigenvalue weighted by atomic mass is 35.5. The zero-order valence-electron chi connectivity index (χ0n) is 15.4. The molecule has 3 rings (SSSR count). The van der Waals surface area contributed by atoms with E-state index in [1.54, 1.807) is 0 Å². The molecule has 26 heavy (non-hydrogen) atoms. The number of carbonyl (C=O) groups is 2. The van der Waals surface area contributed by atoms with Crippen molar-refractivity contribution >= 4 is 24.2 Å². The van der Waals surface area contributed by atoms with Crippen molar-refractivity contribution in [2.75, 3.05) is 13.1 Å². The van der Waals surface area contributed by atoms with Gasteiger partial charge in [0.2, 0.25) is 11.8 Å². The molecule has 0 radical (unpaired) electrons. The van der Waals surface area contributed by atoms with Crippen molar-refractivity contribution in [2.24, 2.45) is 17.6 Å². The van der Waals surface area contributed by atoms with E-state index in [1.807, 2.05) is 42.2 Å². The third-order valence-corrected chi connectivity index (χ3v) is 5.64. The second kappa shape index (κ2) is 9.38. The Hall–Kier alpha value is -1.59. The van der Waals surface area contributed by atoms with Gasteiger partial charge >= 0.3 is 0 Å². The van der Waals surface area contributed by atoms with Gasteiger partial charge in [-0.2, -0.15) is 0 Å². The second-order valence-electron chi connectivity index (χ2n) is 7.48. The number of nitrogens with zero attached hydrogens (tertiary/aromatic N) is 1. The fourth-order valence-electron chi connectivity index (χ4n) is 4.28. The minimum Gasteiger partial charge on any atom is -0.344 e. The van der Waals surface area contributed by atoms with Gasteiger partial charge in [-0.3, -0.25) is 9.59 Å². The van der Waals surface area contributed by atoms with Crippen molar-refractivity contribution < 1.29 is 9.59 Å². The number of fused-ring (bicyclic) bond motifs is 1. The minimum absolute atomic E-state index is 0. The molecule has 144 valence electrons. The van der Waals surface area contributed by atoms with Crippen molar-refractivity contribution in [2.45, 2.75) is 51.1 Å². The Morgan fingerprint density at radius 3 is 2.62 bits per heavy atom. The van der Waals surface area contributed by atoms with Crippen molar-refractivity contribution in [1.82, 2.24) is 10.2 Å². The summed E-state index contributed by atoms with van der Waals surface area (Å²) in [5.41, 5.74) is 7.14. The summed E-state index contributed by atoms with van der Waals surface area (Å²) in [6.07, 6.45) is 4.04. The van der Waals surface area contributed by atoms with Gasteiger partial charge in [0.15, 0.2) is 0 Å². The normalized spacial score (nSPS) is 25.3. The molecule has 1 aliphatic heterocycles. The number of nitrogens with two attached hydrogens (primary N) is 1. The van der Waals surface area contributed by atoms with Crippen LogP contribution in [-0.2, 0) is 16.0 Å². The van der Waals surface area contributed by atoms with E-state index in [4.69, 9.17) is 5.73 Å². The summed E-state index contributed by atoms with van der Waals surface area (Å²) in [5, 5.41) is 2.96. The highest BCUT2D eigenvalue weighted by molar-refractivity contribution is 5.88. The summed E-state index contributed by atoms with van der Waals surface area (Å²) in [6.45, 7) is 3.59. The van der Waals surface area contributed by atoms with Crippen LogP contribution in [0, 0.1) is 11.8 Å². The third kappa shape index (κ3) is 4.77. The van der Waals surface area contributed by atoms with E-state index in [1.165, 1.54) is 0 Å². The number of carbonyl (C=O) groups excluding carboxylic acids is 2. The Bertz CT molecular complexity index is 610. The van der Waals surface area contributed by atoms with Crippen LogP contribution in [0.15, 0.2) is 30.3 Å². The second-order valence-corrected chi connectivity index (χ2v) is 7.48. The van der Waals surface area contributed by atoms with Crippen LogP contribution in [0.25, 0.3) is 0 Å². The monoisotopic (exact) mass is 379 g/mol. The lowest BCUT2D eigenvalue weighted by Crippen LogP contribution is -2.48. The fraction of sp³-hybridized carbons (Fsp3) is 0.600. The number of likely N-dealkylation sites (tertiary alicyclic amines) is 1. The van der Waals surface area contributed by atoms with Gasteiger partial charge < -0.3 is 16.0 Å². The molecule has 5 nitrogen and oxygen atoms in total. The highest BCUT2D eigenvalue weighted by Gasteiger charge is 2.43. The van der Waals surface area contributed by atoms with Gasteiger partial charge in [-0.15, -0.1) is 12.4 Å². The zero-order valence-corrected chi connectivity index (χ0v) is 16.2. The van der Waals surface area contributed by atoms with Crippen LogP contribution in [0.5, 0.6) is 0 Å². The standard InChI is InChI=1S/C20H29N3O2.ClH/c1-2-6-18(22-19(24)11-14-7-4-3-5-8-14)20(25)23-12-15-9-10-17(21)16(15)13-23;/h3-5,7-8,15-18H,2,6,9-13,21H2,1H3,(H,22,24);1H. The molecule has 1 aromatic rings. The molecule has 4 atom stereocenters. The average molecular weight is 380 g/mol. The van der Waals surface area contributed by atoms with Gasteiger partial charge in [0.1, 0.15) is 6.04 Å². The van der Waals surface area contributed by atoms with Crippen LogP contribution < -0.4 is 11.1 Å². The quantitative estimate of drug-likeness (QED) is 0.795. The van der Waals surface area contributed by atoms with E-state index in [2.05, 4.69) is 5.32 Å². The molecule has 2 aliphatic rings. The van der Waals surface area contributed by atoms with E-state index in [0.717, 1.165) is 37.9 Å². The molecule has 1 heterocycles. The van der Waals surface area contributed by atoms with E-state index in [0.29, 0.717) is 24.7 Å². The number of halogens is 1. The molecule has 1 saturated heterocycles. The molecule has 1 aliphatic carbocycles. The fourth-order valence-corrected chi connectivity index (χ4v) is 4.28. The summed E-state index contributed by atoms with van der Waals surface area (Å²) >= 11 is 0. The van der Waals surface area contributed by atoms with Crippen LogP contribution in [0.4, 0.5) is 0 Å². The first-order valence-electron chi connectivity index (χ1n) is 9.46. The summed E-state index contributed by atoms with van der Waals surface area (Å²) in [4.78, 5) is 27.2. The van der Waals surface area contributed by atoms with Crippen LogP contribution in [0.2, 0.25) is 0 Å². The lowest BCUT2D eigenvalue weighted by atomic mass is 9.98. The average Bonchev–Trinajstić information content (AvgIpc) is 3.17. The molecule has 4 unspecified atom stereocenters. The zero-order chi connectivity index (χ0) is 17.8. The van der Waals surface area contributed by atoms with Gasteiger partial charge in [-0.25, -0.2) is 0 Å². The summed E-state index contributed by atoms with van der Waals surface area (Å²) in [5.74, 6) is 0.950. The van der Waals surface area contributed by atoms with Crippen LogP contribution in [-0.4, -0.2) is 41.9 Å². The molecule has 0 aromatic heterocycles. The Kier molecular flexibility index (Phi) is 7.47. The van der Waals surface area contributed by atoms with E-state index < -0.39 is 6.04 Å². The van der Waals surface area contributed by atoms with Gasteiger partial charge in [-0.05, 0) is 36.7 Å². The Morgan fingerprint density at radius 2 is 1.96 bits per heavy atom. The number of benzene rings is 1. The van der Waals surface area contributed by atoms with E-state index in [9.17, 15) is 9.59 Å². The summed E-state index contributed by atoms with van der Waals surface area (Å²) < 4.78 is 0. The molecular formula is C20H30ClN3O2. The number of amides is 2. The first-order valence-corrected chi connectivity index (χ1v) is 9.46. The van der Waals surface area contributed by atoms with Crippen molar-refractivity contribution in [1.29, 1.82) is 0 Å². The van der Waals surface area contributed by atoms with E-state index in [-0.39, 0.29) is 30.3 Å². The maximum atomic E-state index is 12.9. The maximum absolute atomic E-state index is 12.9. The topological polar surface area (TPSA) is 75.4 Å². The molecule has 0 spiro atoms. The molecule has 3 N–H and O–H groups in total. The molecule has 2 amide bonds. The molecule has 1 saturated carbocycles. The van der Waals surface area contributed by atoms with Crippen LogP contribution in [0.3, 0.4) is 0 Å². The largest absolute Gasteiger partial charge is 0.344 e.